The SMILES string of the molecule is CCC(CO)OC(COC(=O)CCCC(=O)NCCSSCCOCCC(=O)NCCCC[C@H](NC(=O)[C@H](CC(=O)[C@@H](CO)NC(=O)[C@H](CC(=O)[C@@H](CC1CNCN1)NC(=O)[C@H]1CCC(=O)C1)CC1CNc2ccccc21)Cc1ccc(O)cc1)C(=O)C[C@H](CC(C)C)C(=O)N[C@H](CCCN=C(N)N)C(=O)N1CCC[C@H]1C(=O)NCC(N)=O)OC. The Balaban J connectivity index is 1.14. The Hall–Kier alpha value is -8.89. The molecule has 36 nitrogen and oxygen atoms in total. The Morgan fingerprint density at radius 2 is 1.37 bits per heavy atom. The van der Waals surface area contributed by atoms with E-state index in [0.717, 1.165) is 11.3 Å². The van der Waals surface area contributed by atoms with Gasteiger partial charge in [-0.25, -0.2) is 0 Å². The number of amides is 9. The van der Waals surface area contributed by atoms with Gasteiger partial charge in [-0.1, -0.05) is 72.7 Å². The van der Waals surface area contributed by atoms with Gasteiger partial charge in [0.25, 0.3) is 0 Å². The maximum absolute atomic E-state index is 15.3. The number of nitrogens with two attached hydrogens (primary N) is 3. The molecule has 3 fully saturated rings. The summed E-state index contributed by atoms with van der Waals surface area (Å²) in [5.41, 5.74) is 18.7. The number of guanidine groups is 1. The van der Waals surface area contributed by atoms with Gasteiger partial charge in [0, 0.05) is 157 Å². The highest BCUT2D eigenvalue weighted by Crippen LogP contribution is 2.37. The molecule has 0 radical (unpaired) electrons. The van der Waals surface area contributed by atoms with Crippen molar-refractivity contribution in [2.45, 2.75) is 217 Å². The molecule has 2 aromatic rings. The third kappa shape index (κ3) is 36.4. The van der Waals surface area contributed by atoms with Gasteiger partial charge in [0.15, 0.2) is 29.6 Å². The maximum Gasteiger partial charge on any atom is 0.305 e. The van der Waals surface area contributed by atoms with Crippen LogP contribution in [0.4, 0.5) is 5.69 Å². The lowest BCUT2D eigenvalue weighted by Crippen LogP contribution is -2.55. The van der Waals surface area contributed by atoms with Crippen LogP contribution in [-0.4, -0.2) is 261 Å². The predicted molar refractivity (Wildman–Crippen MR) is 449 cm³/mol. The van der Waals surface area contributed by atoms with Gasteiger partial charge in [-0.2, -0.15) is 0 Å². The van der Waals surface area contributed by atoms with Gasteiger partial charge in [0.2, 0.25) is 53.2 Å². The monoisotopic (exact) mass is 1720 g/mol. The number of nitrogens with one attached hydrogen (secondary N) is 10. The molecule has 0 bridgehead atoms. The summed E-state index contributed by atoms with van der Waals surface area (Å²) in [5, 5.41) is 60.1. The van der Waals surface area contributed by atoms with Crippen molar-refractivity contribution in [1.29, 1.82) is 0 Å². The lowest BCUT2D eigenvalue weighted by atomic mass is 9.84. The van der Waals surface area contributed by atoms with E-state index in [0.29, 0.717) is 75.7 Å². The summed E-state index contributed by atoms with van der Waals surface area (Å²) < 4.78 is 21.6. The molecule has 0 spiro atoms. The first-order valence-electron chi connectivity index (χ1n) is 41.8. The minimum atomic E-state index is -1.64. The first kappa shape index (κ1) is 99.9. The van der Waals surface area contributed by atoms with Crippen LogP contribution >= 0.6 is 21.6 Å². The fourth-order valence-corrected chi connectivity index (χ4v) is 16.6. The van der Waals surface area contributed by atoms with Crippen LogP contribution in [0.25, 0.3) is 0 Å². The van der Waals surface area contributed by atoms with E-state index in [1.165, 1.54) is 57.9 Å². The van der Waals surface area contributed by atoms with E-state index in [2.05, 4.69) is 58.2 Å². The number of aliphatic hydroxyl groups excluding tert-OH is 2. The van der Waals surface area contributed by atoms with E-state index < -0.39 is 163 Å². The Morgan fingerprint density at radius 3 is 2.06 bits per heavy atom. The predicted octanol–water partition coefficient (Wildman–Crippen LogP) is 0.826. The van der Waals surface area contributed by atoms with Crippen molar-refractivity contribution in [2.24, 2.45) is 51.8 Å². The molecule has 2 saturated heterocycles. The number of fused-ring (bicyclic) bond motifs is 1. The van der Waals surface area contributed by atoms with Crippen molar-refractivity contribution in [3.63, 3.8) is 0 Å². The number of para-hydroxylation sites is 1. The molecule has 1 aliphatic carbocycles. The fourth-order valence-electron chi connectivity index (χ4n) is 14.8. The molecule has 3 aliphatic heterocycles. The van der Waals surface area contributed by atoms with E-state index >= 15 is 9.59 Å². The molecular formula is C82H127N15O21S2. The Kier molecular flexibility index (Phi) is 45.4. The highest BCUT2D eigenvalue weighted by Gasteiger charge is 2.42. The normalized spacial score (nSPS) is 18.4. The average molecular weight is 1720 g/mol. The summed E-state index contributed by atoms with van der Waals surface area (Å²) >= 11 is 0. The summed E-state index contributed by atoms with van der Waals surface area (Å²) in [4.78, 5) is 199. The zero-order chi connectivity index (χ0) is 87.5. The highest BCUT2D eigenvalue weighted by atomic mass is 33.1. The van der Waals surface area contributed by atoms with Crippen LogP contribution in [0.1, 0.15) is 173 Å². The smallest absolute Gasteiger partial charge is 0.305 e. The second-order valence-corrected chi connectivity index (χ2v) is 34.0. The molecule has 1 saturated carbocycles. The third-order valence-electron chi connectivity index (χ3n) is 21.4. The minimum Gasteiger partial charge on any atom is -0.508 e. The number of nitrogens with zero attached hydrogens (tertiary/aromatic N) is 2. The fraction of sp³-hybridized carbons (Fsp3) is 0.671. The molecule has 9 amide bonds. The number of primary amides is 1. The molecule has 4 unspecified atom stereocenters. The summed E-state index contributed by atoms with van der Waals surface area (Å²) in [6.07, 6.45) is 0.409. The largest absolute Gasteiger partial charge is 0.508 e. The molecule has 4 aliphatic rings. The molecular weight excluding hydrogens is 1600 g/mol. The summed E-state index contributed by atoms with van der Waals surface area (Å²) in [7, 11) is 4.45. The summed E-state index contributed by atoms with van der Waals surface area (Å²) in [6, 6.07) is 6.82. The molecule has 120 heavy (non-hydrogen) atoms. The molecule has 19 N–H and O–H groups in total. The first-order chi connectivity index (χ1) is 57.6. The molecule has 668 valence electrons. The van der Waals surface area contributed by atoms with Crippen LogP contribution in [0.15, 0.2) is 53.5 Å². The van der Waals surface area contributed by atoms with E-state index in [1.54, 1.807) is 0 Å². The number of hydrogen-bond donors (Lipinski definition) is 16. The zero-order valence-electron chi connectivity index (χ0n) is 69.5. The topological polar surface area (TPSA) is 551 Å². The minimum absolute atomic E-state index is 0.00279. The third-order valence-corrected chi connectivity index (χ3v) is 23.7. The van der Waals surface area contributed by atoms with Crippen LogP contribution in [0, 0.1) is 29.6 Å². The van der Waals surface area contributed by atoms with Gasteiger partial charge in [-0.3, -0.25) is 72.1 Å². The number of likely N-dealkylation sites (tertiary alicyclic amines) is 1. The number of anilines is 1. The van der Waals surface area contributed by atoms with E-state index in [9.17, 15) is 72.9 Å². The zero-order valence-corrected chi connectivity index (χ0v) is 71.1. The number of carbonyl (C=O) groups is 14. The number of phenolic OH excluding ortho intramolecular Hbond substituents is 1. The van der Waals surface area contributed by atoms with Crippen molar-refractivity contribution >= 4 is 116 Å². The summed E-state index contributed by atoms with van der Waals surface area (Å²) in [5.74, 6) is -11.5. The van der Waals surface area contributed by atoms with Crippen molar-refractivity contribution in [2.75, 3.05) is 109 Å². The standard InChI is InChI=1S/C82H127N15O21S2/c1-5-60(46-98)118-75(115-4)48-117-74(108)19-10-18-72(106)88-29-33-119-120-34-32-116-31-26-73(107)87-27-9-8-15-63(68(102)39-53(35-50(2)3)77(110)94-64(16-11-28-89-82(84)85)81(114)97-30-12-17-67(97)80(113)91-45-71(83)105)93-78(111)54(36-51-20-23-58(100)24-21-51)40-70(104)66(47-99)96-79(112)55(37-56-43-90-62-14-7-6-13-61(56)62)41-69(103)65(42-57-44-86-49-92-57)95-76(109)52-22-25-59(101)38-52/h6-7,13-14,20-21,23-24,50,52-57,60,63-67,75,86,90,92,98-100H,5,8-12,15-19,22,25-49H2,1-4H3,(H2,83,105)(H,87,107)(H,88,106)(H,91,113)(H,93,111)(H,94,110)(H,95,109)(H,96,112)(H4,84,85,89)/t52-,53-,54-,55-,56?,57?,60?,63-,64+,65+,66+,67-,75?/m0/s1. The number of aliphatic imine (C=N–C) groups is 1. The molecule has 2 aromatic carbocycles. The Morgan fingerprint density at radius 1 is 0.692 bits per heavy atom. The molecule has 0 aromatic heterocycles. The number of aliphatic hydroxyl groups is 2. The maximum atomic E-state index is 15.3. The van der Waals surface area contributed by atoms with Crippen LogP contribution in [0.3, 0.4) is 0 Å². The van der Waals surface area contributed by atoms with Gasteiger partial charge in [-0.15, -0.1) is 0 Å². The number of phenols is 1. The van der Waals surface area contributed by atoms with Crippen molar-refractivity contribution in [1.82, 2.24) is 52.8 Å². The quantitative estimate of drug-likeness (QED) is 0.0109. The number of aromatic hydroxyl groups is 1. The van der Waals surface area contributed by atoms with Crippen molar-refractivity contribution in [3.05, 3.63) is 59.7 Å². The van der Waals surface area contributed by atoms with Gasteiger partial charge >= 0.3 is 5.97 Å². The number of benzene rings is 2. The first-order valence-corrected chi connectivity index (χ1v) is 44.3. The second kappa shape index (κ2) is 54.5. The molecule has 3 heterocycles. The number of rotatable bonds is 60. The number of esters is 1. The Labute approximate surface area is 709 Å². The highest BCUT2D eigenvalue weighted by molar-refractivity contribution is 8.76. The number of methoxy groups -OCH3 is 1. The van der Waals surface area contributed by atoms with Crippen LogP contribution in [0.2, 0.25) is 0 Å². The van der Waals surface area contributed by atoms with Crippen LogP contribution in [-0.2, 0) is 92.5 Å². The number of hydrogen-bond acceptors (Lipinski definition) is 27. The van der Waals surface area contributed by atoms with E-state index in [1.807, 2.05) is 45.0 Å². The van der Waals surface area contributed by atoms with Gasteiger partial charge in [-0.05, 0) is 125 Å². The molecule has 38 heteroatoms. The number of ether oxygens (including phenoxy) is 4. The van der Waals surface area contributed by atoms with E-state index in [-0.39, 0.29) is 183 Å². The lowest BCUT2D eigenvalue weighted by molar-refractivity contribution is -0.194. The average Bonchev–Trinajstić information content (AvgIpc) is 1.65. The van der Waals surface area contributed by atoms with Gasteiger partial charge < -0.3 is 110 Å². The Bertz CT molecular complexity index is 3700. The number of Topliss-reactive ketones (excluding diaryl/α,β-unsaturated/α-hetero) is 4. The molecule has 13 atom stereocenters. The van der Waals surface area contributed by atoms with Crippen molar-refractivity contribution in [3.8, 4) is 5.75 Å². The number of ketones is 4. The number of carbonyl (C=O) groups excluding carboxylic acids is 14. The van der Waals surface area contributed by atoms with Gasteiger partial charge in [0.1, 0.15) is 36.3 Å². The van der Waals surface area contributed by atoms with Gasteiger partial charge in [0.05, 0.1) is 51.2 Å². The molecule has 6 rings (SSSR count). The second-order valence-electron chi connectivity index (χ2n) is 31.3. The van der Waals surface area contributed by atoms with Crippen molar-refractivity contribution < 1.29 is 101 Å². The number of unbranched alkanes of at least 4 members (excludes halogenated alkanes) is 1. The lowest BCUT2D eigenvalue weighted by Gasteiger charge is -2.30. The van der Waals surface area contributed by atoms with E-state index in [4.69, 9.17) is 36.1 Å². The summed E-state index contributed by atoms with van der Waals surface area (Å²) in [6.45, 7) is 6.31. The van der Waals surface area contributed by atoms with Crippen LogP contribution < -0.4 is 70.4 Å². The van der Waals surface area contributed by atoms with Crippen LogP contribution in [0.5, 0.6) is 5.75 Å².